The highest BCUT2D eigenvalue weighted by Crippen LogP contribution is 2.21. The normalized spacial score (nSPS) is 13.6. The number of benzene rings is 2. The molecule has 0 amide bonds. The van der Waals surface area contributed by atoms with Crippen molar-refractivity contribution in [3.63, 3.8) is 0 Å². The van der Waals surface area contributed by atoms with Crippen LogP contribution in [0.25, 0.3) is 0 Å². The van der Waals surface area contributed by atoms with Gasteiger partial charge in [-0.05, 0) is 56.0 Å². The summed E-state index contributed by atoms with van der Waals surface area (Å²) in [5.74, 6) is 0.898. The van der Waals surface area contributed by atoms with E-state index in [2.05, 4.69) is 37.4 Å². The first-order valence-electron chi connectivity index (χ1n) is 7.73. The predicted molar refractivity (Wildman–Crippen MR) is 93.8 cm³/mol. The molecule has 0 saturated heterocycles. The Kier molecular flexibility index (Phi) is 6.29. The molecule has 0 fully saturated rings. The molecule has 1 N–H and O–H groups in total. The van der Waals surface area contributed by atoms with Crippen LogP contribution in [0.3, 0.4) is 0 Å². The van der Waals surface area contributed by atoms with Gasteiger partial charge in [0.1, 0.15) is 5.75 Å². The third kappa shape index (κ3) is 4.75. The van der Waals surface area contributed by atoms with Crippen LogP contribution in [0.5, 0.6) is 5.75 Å². The first-order valence-corrected chi connectivity index (χ1v) is 8.11. The molecule has 3 heteroatoms. The maximum atomic E-state index is 6.21. The van der Waals surface area contributed by atoms with Crippen LogP contribution in [0, 0.1) is 0 Å². The van der Waals surface area contributed by atoms with Crippen LogP contribution in [0.4, 0.5) is 0 Å². The number of aryl methyl sites for hydroxylation is 1. The van der Waals surface area contributed by atoms with Gasteiger partial charge in [-0.3, -0.25) is 0 Å². The molecule has 0 aliphatic carbocycles. The molecule has 118 valence electrons. The lowest BCUT2D eigenvalue weighted by Gasteiger charge is -2.21. The Balaban J connectivity index is 1.88. The third-order valence-electron chi connectivity index (χ3n) is 3.93. The van der Waals surface area contributed by atoms with Crippen LogP contribution in [0.1, 0.15) is 37.4 Å². The fourth-order valence-corrected chi connectivity index (χ4v) is 2.82. The second-order valence-corrected chi connectivity index (χ2v) is 6.10. The molecule has 2 aromatic carbocycles. The van der Waals surface area contributed by atoms with Gasteiger partial charge in [-0.15, -0.1) is 0 Å². The van der Waals surface area contributed by atoms with Gasteiger partial charge in [0.15, 0.2) is 0 Å². The van der Waals surface area contributed by atoms with Gasteiger partial charge < -0.3 is 10.1 Å². The van der Waals surface area contributed by atoms with Crippen molar-refractivity contribution in [2.75, 3.05) is 7.11 Å². The van der Waals surface area contributed by atoms with Crippen molar-refractivity contribution >= 4 is 11.6 Å². The van der Waals surface area contributed by atoms with E-state index in [1.807, 2.05) is 30.3 Å². The molecule has 0 aromatic heterocycles. The molecular weight excluding hydrogens is 294 g/mol. The number of halogens is 1. The van der Waals surface area contributed by atoms with E-state index in [1.165, 1.54) is 11.1 Å². The average molecular weight is 318 g/mol. The van der Waals surface area contributed by atoms with Crippen LogP contribution in [-0.4, -0.2) is 13.2 Å². The van der Waals surface area contributed by atoms with E-state index in [0.29, 0.717) is 6.04 Å². The first-order chi connectivity index (χ1) is 10.6. The van der Waals surface area contributed by atoms with E-state index in [0.717, 1.165) is 23.6 Å². The molecule has 0 saturated carbocycles. The van der Waals surface area contributed by atoms with E-state index in [-0.39, 0.29) is 6.04 Å². The van der Waals surface area contributed by atoms with Crippen molar-refractivity contribution in [3.8, 4) is 5.75 Å². The Hall–Kier alpha value is -1.51. The maximum Gasteiger partial charge on any atom is 0.119 e. The van der Waals surface area contributed by atoms with Crippen molar-refractivity contribution in [1.82, 2.24) is 5.32 Å². The average Bonchev–Trinajstić information content (AvgIpc) is 2.54. The lowest BCUT2D eigenvalue weighted by Crippen LogP contribution is -2.29. The molecule has 2 rings (SSSR count). The van der Waals surface area contributed by atoms with Crippen molar-refractivity contribution in [1.29, 1.82) is 0 Å². The van der Waals surface area contributed by atoms with Crippen LogP contribution in [-0.2, 0) is 6.42 Å². The van der Waals surface area contributed by atoms with Crippen LogP contribution in [0.15, 0.2) is 48.5 Å². The number of nitrogens with one attached hydrogen (secondary N) is 1. The van der Waals surface area contributed by atoms with Gasteiger partial charge in [0, 0.05) is 17.1 Å². The molecule has 0 spiro atoms. The largest absolute Gasteiger partial charge is 0.497 e. The number of rotatable bonds is 7. The summed E-state index contributed by atoms with van der Waals surface area (Å²) in [5, 5.41) is 4.50. The minimum atomic E-state index is 0.288. The zero-order valence-corrected chi connectivity index (χ0v) is 14.2. The molecule has 2 atom stereocenters. The van der Waals surface area contributed by atoms with E-state index in [4.69, 9.17) is 16.3 Å². The van der Waals surface area contributed by atoms with Crippen LogP contribution in [0.2, 0.25) is 5.02 Å². The highest BCUT2D eigenvalue weighted by atomic mass is 35.5. The Labute approximate surface area is 138 Å². The molecular formula is C19H24ClNO. The summed E-state index contributed by atoms with van der Waals surface area (Å²) in [6.07, 6.45) is 2.04. The molecule has 1 unspecified atom stereocenters. The first kappa shape index (κ1) is 16.9. The fourth-order valence-electron chi connectivity index (χ4n) is 2.59. The Bertz CT molecular complexity index is 599. The minimum Gasteiger partial charge on any atom is -0.497 e. The lowest BCUT2D eigenvalue weighted by molar-refractivity contribution is 0.411. The topological polar surface area (TPSA) is 21.3 Å². The highest BCUT2D eigenvalue weighted by Gasteiger charge is 2.11. The number of methoxy groups -OCH3 is 1. The zero-order valence-electron chi connectivity index (χ0n) is 13.5. The monoisotopic (exact) mass is 317 g/mol. The summed E-state index contributed by atoms with van der Waals surface area (Å²) in [6, 6.07) is 17.0. The Morgan fingerprint density at radius 2 is 1.86 bits per heavy atom. The molecule has 2 nitrogen and oxygen atoms in total. The van der Waals surface area contributed by atoms with Gasteiger partial charge in [0.05, 0.1) is 7.11 Å². The minimum absolute atomic E-state index is 0.288. The van der Waals surface area contributed by atoms with Crippen molar-refractivity contribution in [2.45, 2.75) is 38.8 Å². The second kappa shape index (κ2) is 8.21. The fraction of sp³-hybridized carbons (Fsp3) is 0.368. The van der Waals surface area contributed by atoms with Gasteiger partial charge >= 0.3 is 0 Å². The Morgan fingerprint density at radius 3 is 2.59 bits per heavy atom. The number of hydrogen-bond acceptors (Lipinski definition) is 2. The SMILES string of the molecule is COc1cccc([C@@H](C)NC(C)CCc2ccccc2Cl)c1. The van der Waals surface area contributed by atoms with Crippen molar-refractivity contribution in [2.24, 2.45) is 0 Å². The lowest BCUT2D eigenvalue weighted by atomic mass is 10.0. The van der Waals surface area contributed by atoms with E-state index >= 15 is 0 Å². The maximum absolute atomic E-state index is 6.21. The highest BCUT2D eigenvalue weighted by molar-refractivity contribution is 6.31. The summed E-state index contributed by atoms with van der Waals surface area (Å²) in [5.41, 5.74) is 2.45. The van der Waals surface area contributed by atoms with E-state index < -0.39 is 0 Å². The smallest absolute Gasteiger partial charge is 0.119 e. The molecule has 22 heavy (non-hydrogen) atoms. The summed E-state index contributed by atoms with van der Waals surface area (Å²) in [6.45, 7) is 4.40. The van der Waals surface area contributed by atoms with E-state index in [9.17, 15) is 0 Å². The summed E-state index contributed by atoms with van der Waals surface area (Å²) < 4.78 is 5.29. The van der Waals surface area contributed by atoms with Gasteiger partial charge in [-0.25, -0.2) is 0 Å². The zero-order chi connectivity index (χ0) is 15.9. The van der Waals surface area contributed by atoms with Crippen LogP contribution < -0.4 is 10.1 Å². The molecule has 0 aliphatic heterocycles. The number of hydrogen-bond donors (Lipinski definition) is 1. The molecule has 2 aromatic rings. The second-order valence-electron chi connectivity index (χ2n) is 5.70. The van der Waals surface area contributed by atoms with Gasteiger partial charge in [0.25, 0.3) is 0 Å². The van der Waals surface area contributed by atoms with Gasteiger partial charge in [-0.1, -0.05) is 41.9 Å². The summed E-state index contributed by atoms with van der Waals surface area (Å²) >= 11 is 6.21. The van der Waals surface area contributed by atoms with Gasteiger partial charge in [0.2, 0.25) is 0 Å². The van der Waals surface area contributed by atoms with Crippen molar-refractivity contribution < 1.29 is 4.74 Å². The Morgan fingerprint density at radius 1 is 1.09 bits per heavy atom. The number of ether oxygens (including phenoxy) is 1. The summed E-state index contributed by atoms with van der Waals surface area (Å²) in [4.78, 5) is 0. The molecule has 0 radical (unpaired) electrons. The van der Waals surface area contributed by atoms with E-state index in [1.54, 1.807) is 7.11 Å². The van der Waals surface area contributed by atoms with Gasteiger partial charge in [-0.2, -0.15) is 0 Å². The standard InChI is InChI=1S/C19H24ClNO/c1-14(11-12-16-7-4-5-10-19(16)20)21-15(2)17-8-6-9-18(13-17)22-3/h4-10,13-15,21H,11-12H2,1-3H3/t14?,15-/m1/s1. The predicted octanol–water partition coefficient (Wildman–Crippen LogP) is 5.02. The third-order valence-corrected chi connectivity index (χ3v) is 4.30. The van der Waals surface area contributed by atoms with Crippen molar-refractivity contribution in [3.05, 3.63) is 64.7 Å². The quantitative estimate of drug-likeness (QED) is 0.774. The van der Waals surface area contributed by atoms with Crippen LogP contribution >= 0.6 is 11.6 Å². The molecule has 0 bridgehead atoms. The molecule has 0 heterocycles. The molecule has 0 aliphatic rings. The summed E-state index contributed by atoms with van der Waals surface area (Å²) in [7, 11) is 1.70.